The van der Waals surface area contributed by atoms with Gasteiger partial charge in [0, 0.05) is 25.5 Å². The van der Waals surface area contributed by atoms with E-state index >= 15 is 0 Å². The molecule has 4 N–H and O–H groups in total. The van der Waals surface area contributed by atoms with Gasteiger partial charge in [-0.05, 0) is 13.0 Å². The highest BCUT2D eigenvalue weighted by Crippen LogP contribution is 1.95. The molecule has 0 aromatic carbocycles. The minimum Gasteiger partial charge on any atom is -0.480 e. The molecular formula is C11H22N2O4. The minimum atomic E-state index is -1.12. The van der Waals surface area contributed by atoms with Crippen molar-refractivity contribution in [2.75, 3.05) is 13.2 Å². The van der Waals surface area contributed by atoms with Gasteiger partial charge in [0.25, 0.3) is 0 Å². The van der Waals surface area contributed by atoms with Crippen LogP contribution in [0.15, 0.2) is 0 Å². The summed E-state index contributed by atoms with van der Waals surface area (Å²) in [5, 5.41) is 23.0. The van der Waals surface area contributed by atoms with Crippen LogP contribution in [0.2, 0.25) is 0 Å². The molecule has 0 spiro atoms. The summed E-state index contributed by atoms with van der Waals surface area (Å²) in [6.45, 7) is 4.50. The van der Waals surface area contributed by atoms with Crippen LogP contribution in [0.25, 0.3) is 0 Å². The van der Waals surface area contributed by atoms with Crippen molar-refractivity contribution in [2.24, 2.45) is 0 Å². The van der Waals surface area contributed by atoms with Crippen molar-refractivity contribution in [1.82, 2.24) is 10.6 Å². The molecule has 0 fully saturated rings. The highest BCUT2D eigenvalue weighted by molar-refractivity contribution is 5.83. The van der Waals surface area contributed by atoms with Crippen LogP contribution in [-0.4, -0.2) is 47.3 Å². The number of carboxylic acids is 1. The summed E-state index contributed by atoms with van der Waals surface area (Å²) in [6, 6.07) is -0.621. The SMILES string of the molecule is CC(C)NCCCC(=O)N[C@@H](CCO)C(=O)O. The zero-order valence-electron chi connectivity index (χ0n) is 10.4. The average Bonchev–Trinajstić information content (AvgIpc) is 2.23. The quantitative estimate of drug-likeness (QED) is 0.419. The van der Waals surface area contributed by atoms with Gasteiger partial charge >= 0.3 is 5.97 Å². The Labute approximate surface area is 101 Å². The molecule has 1 atom stereocenters. The predicted molar refractivity (Wildman–Crippen MR) is 63.6 cm³/mol. The first-order valence-electron chi connectivity index (χ1n) is 5.83. The summed E-state index contributed by atoms with van der Waals surface area (Å²) >= 11 is 0. The van der Waals surface area contributed by atoms with E-state index in [0.29, 0.717) is 12.5 Å². The predicted octanol–water partition coefficient (Wildman–Crippen LogP) is -0.284. The third kappa shape index (κ3) is 8.65. The van der Waals surface area contributed by atoms with Crippen LogP contribution in [0, 0.1) is 0 Å². The van der Waals surface area contributed by atoms with Gasteiger partial charge < -0.3 is 20.8 Å². The van der Waals surface area contributed by atoms with Gasteiger partial charge in [-0.15, -0.1) is 0 Å². The first kappa shape index (κ1) is 15.9. The number of carboxylic acid groups (broad SMARTS) is 1. The van der Waals surface area contributed by atoms with Gasteiger partial charge in [0.15, 0.2) is 0 Å². The van der Waals surface area contributed by atoms with Crippen molar-refractivity contribution in [3.63, 3.8) is 0 Å². The van der Waals surface area contributed by atoms with Crippen LogP contribution in [0.1, 0.15) is 33.1 Å². The number of nitrogens with one attached hydrogen (secondary N) is 2. The van der Waals surface area contributed by atoms with E-state index in [-0.39, 0.29) is 25.4 Å². The van der Waals surface area contributed by atoms with E-state index in [1.54, 1.807) is 0 Å². The standard InChI is InChI=1S/C11H22N2O4/c1-8(2)12-6-3-4-10(15)13-9(5-7-14)11(16)17/h8-9,12,14H,3-7H2,1-2H3,(H,13,15)(H,16,17)/t9-/m0/s1. The van der Waals surface area contributed by atoms with Gasteiger partial charge in [0.1, 0.15) is 6.04 Å². The van der Waals surface area contributed by atoms with Crippen molar-refractivity contribution in [3.05, 3.63) is 0 Å². The van der Waals surface area contributed by atoms with E-state index in [4.69, 9.17) is 10.2 Å². The number of hydrogen-bond acceptors (Lipinski definition) is 4. The van der Waals surface area contributed by atoms with Crippen molar-refractivity contribution in [2.45, 2.75) is 45.2 Å². The summed E-state index contributed by atoms with van der Waals surface area (Å²) in [7, 11) is 0. The van der Waals surface area contributed by atoms with E-state index in [0.717, 1.165) is 6.54 Å². The maximum atomic E-state index is 11.4. The first-order chi connectivity index (χ1) is 7.97. The molecule has 0 aliphatic carbocycles. The third-order valence-corrected chi connectivity index (χ3v) is 2.18. The molecule has 0 heterocycles. The van der Waals surface area contributed by atoms with Crippen molar-refractivity contribution in [1.29, 1.82) is 0 Å². The monoisotopic (exact) mass is 246 g/mol. The van der Waals surface area contributed by atoms with Crippen molar-refractivity contribution < 1.29 is 19.8 Å². The molecule has 0 unspecified atom stereocenters. The van der Waals surface area contributed by atoms with E-state index in [1.807, 2.05) is 13.8 Å². The summed E-state index contributed by atoms with van der Waals surface area (Å²) in [6.07, 6.45) is 0.982. The van der Waals surface area contributed by atoms with Crippen LogP contribution in [-0.2, 0) is 9.59 Å². The molecule has 0 saturated carbocycles. The molecule has 17 heavy (non-hydrogen) atoms. The fourth-order valence-corrected chi connectivity index (χ4v) is 1.29. The Morgan fingerprint density at radius 3 is 2.41 bits per heavy atom. The number of amides is 1. The number of aliphatic carboxylic acids is 1. The van der Waals surface area contributed by atoms with Crippen LogP contribution in [0.3, 0.4) is 0 Å². The second-order valence-corrected chi connectivity index (χ2v) is 4.18. The minimum absolute atomic E-state index is 0.0331. The topological polar surface area (TPSA) is 98.7 Å². The van der Waals surface area contributed by atoms with E-state index in [2.05, 4.69) is 10.6 Å². The average molecular weight is 246 g/mol. The van der Waals surface area contributed by atoms with Gasteiger partial charge in [-0.3, -0.25) is 4.79 Å². The Morgan fingerprint density at radius 1 is 1.29 bits per heavy atom. The van der Waals surface area contributed by atoms with Crippen molar-refractivity contribution in [3.8, 4) is 0 Å². The van der Waals surface area contributed by atoms with Crippen LogP contribution in [0.4, 0.5) is 0 Å². The number of rotatable bonds is 9. The van der Waals surface area contributed by atoms with Gasteiger partial charge in [0.05, 0.1) is 0 Å². The fourth-order valence-electron chi connectivity index (χ4n) is 1.29. The molecule has 0 bridgehead atoms. The Kier molecular flexibility index (Phi) is 8.35. The highest BCUT2D eigenvalue weighted by Gasteiger charge is 2.18. The largest absolute Gasteiger partial charge is 0.480 e. The normalized spacial score (nSPS) is 12.5. The molecule has 0 radical (unpaired) electrons. The number of aliphatic hydroxyl groups excluding tert-OH is 1. The summed E-state index contributed by atoms with van der Waals surface area (Å²) in [4.78, 5) is 22.1. The van der Waals surface area contributed by atoms with Gasteiger partial charge in [-0.25, -0.2) is 4.79 Å². The number of hydrogen-bond donors (Lipinski definition) is 4. The molecule has 0 rings (SSSR count). The second kappa shape index (κ2) is 8.95. The Morgan fingerprint density at radius 2 is 1.94 bits per heavy atom. The Hall–Kier alpha value is -1.14. The summed E-state index contributed by atoms with van der Waals surface area (Å²) < 4.78 is 0. The molecule has 6 nitrogen and oxygen atoms in total. The molecule has 1 amide bonds. The lowest BCUT2D eigenvalue weighted by Crippen LogP contribution is -2.41. The van der Waals surface area contributed by atoms with Crippen LogP contribution >= 0.6 is 0 Å². The lowest BCUT2D eigenvalue weighted by Gasteiger charge is -2.13. The zero-order valence-corrected chi connectivity index (χ0v) is 10.4. The third-order valence-electron chi connectivity index (χ3n) is 2.18. The molecule has 0 aliphatic rings. The van der Waals surface area contributed by atoms with Crippen LogP contribution < -0.4 is 10.6 Å². The molecule has 0 aliphatic heterocycles. The summed E-state index contributed by atoms with van der Waals surface area (Å²) in [5.74, 6) is -1.41. The van der Waals surface area contributed by atoms with E-state index in [1.165, 1.54) is 0 Å². The van der Waals surface area contributed by atoms with Crippen molar-refractivity contribution >= 4 is 11.9 Å². The molecule has 0 aromatic rings. The Bertz CT molecular complexity index is 244. The van der Waals surface area contributed by atoms with Gasteiger partial charge in [0.2, 0.25) is 5.91 Å². The zero-order chi connectivity index (χ0) is 13.3. The van der Waals surface area contributed by atoms with Gasteiger partial charge in [-0.1, -0.05) is 13.8 Å². The maximum absolute atomic E-state index is 11.4. The van der Waals surface area contributed by atoms with E-state index in [9.17, 15) is 9.59 Å². The smallest absolute Gasteiger partial charge is 0.326 e. The highest BCUT2D eigenvalue weighted by atomic mass is 16.4. The lowest BCUT2D eigenvalue weighted by molar-refractivity contribution is -0.142. The first-order valence-corrected chi connectivity index (χ1v) is 5.83. The Balaban J connectivity index is 3.78. The fraction of sp³-hybridized carbons (Fsp3) is 0.818. The lowest BCUT2D eigenvalue weighted by atomic mass is 10.2. The maximum Gasteiger partial charge on any atom is 0.326 e. The van der Waals surface area contributed by atoms with Gasteiger partial charge in [-0.2, -0.15) is 0 Å². The number of aliphatic hydroxyl groups is 1. The van der Waals surface area contributed by atoms with E-state index < -0.39 is 12.0 Å². The number of carbonyl (C=O) groups is 2. The molecule has 6 heteroatoms. The van der Waals surface area contributed by atoms with Crippen LogP contribution in [0.5, 0.6) is 0 Å². The summed E-state index contributed by atoms with van der Waals surface area (Å²) in [5.41, 5.74) is 0. The molecule has 0 aromatic heterocycles. The molecule has 100 valence electrons. The molecule has 0 saturated heterocycles. The second-order valence-electron chi connectivity index (χ2n) is 4.18. The molecular weight excluding hydrogens is 224 g/mol. The number of carbonyl (C=O) groups excluding carboxylic acids is 1.